The van der Waals surface area contributed by atoms with Gasteiger partial charge in [0.1, 0.15) is 5.75 Å². The third kappa shape index (κ3) is 3.92. The molecule has 1 aromatic carbocycles. The molecule has 2 N–H and O–H groups in total. The quantitative estimate of drug-likeness (QED) is 0.828. The highest BCUT2D eigenvalue weighted by Gasteiger charge is 2.22. The Morgan fingerprint density at radius 3 is 2.56 bits per heavy atom. The average molecular weight is 273 g/mol. The molecular weight excluding hydrogens is 260 g/mol. The zero-order valence-electron chi connectivity index (χ0n) is 9.72. The minimum atomic E-state index is -1.16. The predicted octanol–water partition coefficient (Wildman–Crippen LogP) is 2.07. The van der Waals surface area contributed by atoms with Crippen LogP contribution in [0.5, 0.6) is 5.75 Å². The molecule has 0 spiro atoms. The van der Waals surface area contributed by atoms with E-state index >= 15 is 0 Å². The Bertz CT molecular complexity index is 458. The summed E-state index contributed by atoms with van der Waals surface area (Å²) in [6.45, 7) is 0. The SMILES string of the molecule is COc1ccc(Cl)c(CC(CC(=O)O)C(=O)O)c1. The number of ether oxygens (including phenoxy) is 1. The zero-order valence-corrected chi connectivity index (χ0v) is 10.5. The summed E-state index contributed by atoms with van der Waals surface area (Å²) in [6, 6.07) is 4.86. The van der Waals surface area contributed by atoms with Gasteiger partial charge in [0.05, 0.1) is 19.4 Å². The number of rotatable bonds is 6. The van der Waals surface area contributed by atoms with Crippen molar-refractivity contribution in [1.29, 1.82) is 0 Å². The van der Waals surface area contributed by atoms with Gasteiger partial charge < -0.3 is 14.9 Å². The van der Waals surface area contributed by atoms with Gasteiger partial charge in [0.15, 0.2) is 0 Å². The number of halogens is 1. The number of carbonyl (C=O) groups is 2. The number of hydrogen-bond acceptors (Lipinski definition) is 3. The van der Waals surface area contributed by atoms with Crippen molar-refractivity contribution in [3.63, 3.8) is 0 Å². The average Bonchev–Trinajstić information content (AvgIpc) is 2.30. The smallest absolute Gasteiger partial charge is 0.307 e. The molecule has 0 aliphatic carbocycles. The van der Waals surface area contributed by atoms with Gasteiger partial charge in [-0.25, -0.2) is 0 Å². The molecule has 98 valence electrons. The number of hydrogen-bond donors (Lipinski definition) is 2. The van der Waals surface area contributed by atoms with Crippen LogP contribution in [0.25, 0.3) is 0 Å². The first-order chi connectivity index (χ1) is 8.43. The number of methoxy groups -OCH3 is 1. The third-order valence-electron chi connectivity index (χ3n) is 2.49. The number of carboxylic acid groups (broad SMARTS) is 2. The van der Waals surface area contributed by atoms with Crippen LogP contribution in [0.1, 0.15) is 12.0 Å². The standard InChI is InChI=1S/C12H13ClO5/c1-18-9-2-3-10(13)7(5-9)4-8(12(16)17)6-11(14)15/h2-3,5,8H,4,6H2,1H3,(H,14,15)(H,16,17). The maximum absolute atomic E-state index is 11.0. The second kappa shape index (κ2) is 6.26. The van der Waals surface area contributed by atoms with Gasteiger partial charge in [0, 0.05) is 5.02 Å². The molecular formula is C12H13ClO5. The largest absolute Gasteiger partial charge is 0.497 e. The van der Waals surface area contributed by atoms with Crippen molar-refractivity contribution in [2.75, 3.05) is 7.11 Å². The van der Waals surface area contributed by atoms with Crippen LogP contribution in [0, 0.1) is 5.92 Å². The predicted molar refractivity (Wildman–Crippen MR) is 65.1 cm³/mol. The molecule has 1 atom stereocenters. The number of benzene rings is 1. The summed E-state index contributed by atoms with van der Waals surface area (Å²) in [5, 5.41) is 18.0. The first-order valence-electron chi connectivity index (χ1n) is 5.21. The molecule has 6 heteroatoms. The van der Waals surface area contributed by atoms with Gasteiger partial charge in [-0.1, -0.05) is 11.6 Å². The van der Waals surface area contributed by atoms with Crippen molar-refractivity contribution in [2.24, 2.45) is 5.92 Å². The molecule has 0 aliphatic heterocycles. The van der Waals surface area contributed by atoms with Gasteiger partial charge in [0.25, 0.3) is 0 Å². The van der Waals surface area contributed by atoms with Gasteiger partial charge in [-0.15, -0.1) is 0 Å². The molecule has 0 amide bonds. The molecule has 0 aliphatic rings. The normalized spacial score (nSPS) is 11.9. The van der Waals surface area contributed by atoms with E-state index in [0.29, 0.717) is 16.3 Å². The fourth-order valence-corrected chi connectivity index (χ4v) is 1.75. The molecule has 18 heavy (non-hydrogen) atoms. The summed E-state index contributed by atoms with van der Waals surface area (Å²) < 4.78 is 5.01. The first kappa shape index (κ1) is 14.3. The molecule has 0 heterocycles. The van der Waals surface area contributed by atoms with Crippen molar-refractivity contribution in [1.82, 2.24) is 0 Å². The molecule has 1 aromatic rings. The van der Waals surface area contributed by atoms with Crippen LogP contribution in [0.15, 0.2) is 18.2 Å². The molecule has 5 nitrogen and oxygen atoms in total. The van der Waals surface area contributed by atoms with E-state index in [1.807, 2.05) is 0 Å². The minimum Gasteiger partial charge on any atom is -0.497 e. The molecule has 1 unspecified atom stereocenters. The van der Waals surface area contributed by atoms with Crippen LogP contribution < -0.4 is 4.74 Å². The van der Waals surface area contributed by atoms with Crippen molar-refractivity contribution >= 4 is 23.5 Å². The maximum Gasteiger partial charge on any atom is 0.307 e. The van der Waals surface area contributed by atoms with Gasteiger partial charge in [0.2, 0.25) is 0 Å². The Morgan fingerprint density at radius 1 is 1.39 bits per heavy atom. The summed E-state index contributed by atoms with van der Waals surface area (Å²) in [7, 11) is 1.49. The van der Waals surface area contributed by atoms with E-state index in [2.05, 4.69) is 0 Å². The second-order valence-corrected chi connectivity index (χ2v) is 4.20. The van der Waals surface area contributed by atoms with Crippen LogP contribution in [0.3, 0.4) is 0 Å². The van der Waals surface area contributed by atoms with Crippen molar-refractivity contribution < 1.29 is 24.5 Å². The van der Waals surface area contributed by atoms with E-state index in [1.165, 1.54) is 7.11 Å². The van der Waals surface area contributed by atoms with E-state index in [9.17, 15) is 9.59 Å². The van der Waals surface area contributed by atoms with Crippen molar-refractivity contribution in [2.45, 2.75) is 12.8 Å². The van der Waals surface area contributed by atoms with E-state index < -0.39 is 24.3 Å². The Labute approximate surface area is 109 Å². The molecule has 0 saturated carbocycles. The van der Waals surface area contributed by atoms with Gasteiger partial charge in [-0.05, 0) is 30.2 Å². The van der Waals surface area contributed by atoms with Crippen LogP contribution in [-0.2, 0) is 16.0 Å². The molecule has 0 radical (unpaired) electrons. The van der Waals surface area contributed by atoms with Crippen LogP contribution >= 0.6 is 11.6 Å². The monoisotopic (exact) mass is 272 g/mol. The highest BCUT2D eigenvalue weighted by atomic mass is 35.5. The summed E-state index contributed by atoms with van der Waals surface area (Å²) >= 11 is 5.94. The van der Waals surface area contributed by atoms with Gasteiger partial charge >= 0.3 is 11.9 Å². The van der Waals surface area contributed by atoms with E-state index in [4.69, 9.17) is 26.6 Å². The fourth-order valence-electron chi connectivity index (χ4n) is 1.56. The lowest BCUT2D eigenvalue weighted by Gasteiger charge is -2.12. The summed E-state index contributed by atoms with van der Waals surface area (Å²) in [6.07, 6.45) is -0.388. The van der Waals surface area contributed by atoms with Crippen LogP contribution in [0.4, 0.5) is 0 Å². The summed E-state index contributed by atoms with van der Waals surface area (Å²) in [4.78, 5) is 21.6. The lowest BCUT2D eigenvalue weighted by molar-refractivity contribution is -0.148. The summed E-state index contributed by atoms with van der Waals surface area (Å²) in [5.74, 6) is -2.77. The summed E-state index contributed by atoms with van der Waals surface area (Å²) in [5.41, 5.74) is 0.560. The van der Waals surface area contributed by atoms with Gasteiger partial charge in [-0.3, -0.25) is 9.59 Å². The van der Waals surface area contributed by atoms with Crippen LogP contribution in [0.2, 0.25) is 5.02 Å². The van der Waals surface area contributed by atoms with E-state index in [0.717, 1.165) is 0 Å². The first-order valence-corrected chi connectivity index (χ1v) is 5.59. The molecule has 0 saturated heterocycles. The second-order valence-electron chi connectivity index (χ2n) is 3.79. The molecule has 0 fully saturated rings. The topological polar surface area (TPSA) is 83.8 Å². The Hall–Kier alpha value is -1.75. The fraction of sp³-hybridized carbons (Fsp3) is 0.333. The lowest BCUT2D eigenvalue weighted by atomic mass is 9.96. The number of aliphatic carboxylic acids is 2. The highest BCUT2D eigenvalue weighted by Crippen LogP contribution is 2.25. The molecule has 0 bridgehead atoms. The van der Waals surface area contributed by atoms with E-state index in [-0.39, 0.29) is 6.42 Å². The number of carboxylic acids is 2. The zero-order chi connectivity index (χ0) is 13.7. The van der Waals surface area contributed by atoms with Crippen LogP contribution in [-0.4, -0.2) is 29.3 Å². The van der Waals surface area contributed by atoms with Crippen molar-refractivity contribution in [3.05, 3.63) is 28.8 Å². The Balaban J connectivity index is 2.92. The molecule has 1 rings (SSSR count). The highest BCUT2D eigenvalue weighted by molar-refractivity contribution is 6.31. The van der Waals surface area contributed by atoms with E-state index in [1.54, 1.807) is 18.2 Å². The van der Waals surface area contributed by atoms with Crippen molar-refractivity contribution in [3.8, 4) is 5.75 Å². The maximum atomic E-state index is 11.0. The van der Waals surface area contributed by atoms with Gasteiger partial charge in [-0.2, -0.15) is 0 Å². The Morgan fingerprint density at radius 2 is 2.06 bits per heavy atom. The Kier molecular flexibility index (Phi) is 4.97. The third-order valence-corrected chi connectivity index (χ3v) is 2.86. The molecule has 0 aromatic heterocycles. The lowest BCUT2D eigenvalue weighted by Crippen LogP contribution is -2.20. The minimum absolute atomic E-state index is 0.0532.